The maximum absolute atomic E-state index is 12.2. The van der Waals surface area contributed by atoms with Crippen LogP contribution in [0.2, 0.25) is 0 Å². The van der Waals surface area contributed by atoms with Crippen molar-refractivity contribution < 1.29 is 14.7 Å². The van der Waals surface area contributed by atoms with E-state index < -0.39 is 5.97 Å². The second-order valence-electron chi connectivity index (χ2n) is 4.14. The van der Waals surface area contributed by atoms with Crippen molar-refractivity contribution in [2.75, 3.05) is 5.32 Å². The van der Waals surface area contributed by atoms with Crippen LogP contribution in [0.4, 0.5) is 5.69 Å². The number of carboxylic acid groups (broad SMARTS) is 1. The van der Waals surface area contributed by atoms with Crippen molar-refractivity contribution in [3.63, 3.8) is 0 Å². The van der Waals surface area contributed by atoms with Gasteiger partial charge in [-0.25, -0.2) is 4.79 Å². The molecule has 0 aliphatic carbocycles. The van der Waals surface area contributed by atoms with Gasteiger partial charge in [-0.2, -0.15) is 0 Å². The number of benzene rings is 1. The molecule has 0 radical (unpaired) electrons. The number of hydrogen-bond acceptors (Lipinski definition) is 3. The molecular weight excluding hydrogens is 490 g/mol. The molecule has 0 fully saturated rings. The van der Waals surface area contributed by atoms with E-state index in [4.69, 9.17) is 0 Å². The Labute approximate surface area is 149 Å². The predicted octanol–water partition coefficient (Wildman–Crippen LogP) is 5.29. The first-order chi connectivity index (χ1) is 9.79. The maximum Gasteiger partial charge on any atom is 0.337 e. The minimum Gasteiger partial charge on any atom is -0.478 e. The zero-order valence-corrected chi connectivity index (χ0v) is 16.1. The Balaban J connectivity index is 2.39. The molecule has 0 bridgehead atoms. The van der Waals surface area contributed by atoms with E-state index in [1.54, 1.807) is 12.1 Å². The van der Waals surface area contributed by atoms with Gasteiger partial charge in [0.25, 0.3) is 5.91 Å². The van der Waals surface area contributed by atoms with Crippen molar-refractivity contribution in [1.29, 1.82) is 0 Å². The number of thiophene rings is 1. The SMILES string of the molecule is Cc1cc(C(=O)Nc2c(Br)cc(Br)cc2C(=O)O)sc1Br. The van der Waals surface area contributed by atoms with Crippen molar-refractivity contribution in [2.24, 2.45) is 0 Å². The average molecular weight is 498 g/mol. The van der Waals surface area contributed by atoms with E-state index >= 15 is 0 Å². The number of aryl methyl sites for hydroxylation is 1. The first kappa shape index (κ1) is 16.7. The lowest BCUT2D eigenvalue weighted by molar-refractivity contribution is 0.0698. The minimum atomic E-state index is -1.11. The Morgan fingerprint density at radius 1 is 1.19 bits per heavy atom. The molecule has 0 atom stereocenters. The number of carbonyl (C=O) groups is 2. The highest BCUT2D eigenvalue weighted by molar-refractivity contribution is 9.11. The molecule has 110 valence electrons. The van der Waals surface area contributed by atoms with Crippen LogP contribution < -0.4 is 5.32 Å². The third-order valence-electron chi connectivity index (χ3n) is 2.60. The van der Waals surface area contributed by atoms with Gasteiger partial charge >= 0.3 is 5.97 Å². The van der Waals surface area contributed by atoms with Gasteiger partial charge in [-0.15, -0.1) is 11.3 Å². The second-order valence-corrected chi connectivity index (χ2v) is 8.28. The molecule has 4 nitrogen and oxygen atoms in total. The topological polar surface area (TPSA) is 66.4 Å². The molecule has 0 aliphatic rings. The average Bonchev–Trinajstić information content (AvgIpc) is 2.72. The Hall–Kier alpha value is -0.700. The van der Waals surface area contributed by atoms with Crippen LogP contribution >= 0.6 is 59.1 Å². The number of carboxylic acids is 1. The van der Waals surface area contributed by atoms with Crippen molar-refractivity contribution in [1.82, 2.24) is 0 Å². The van der Waals surface area contributed by atoms with Crippen LogP contribution in [0.25, 0.3) is 0 Å². The summed E-state index contributed by atoms with van der Waals surface area (Å²) in [5.41, 5.74) is 1.20. The highest BCUT2D eigenvalue weighted by Crippen LogP contribution is 2.33. The maximum atomic E-state index is 12.2. The Morgan fingerprint density at radius 3 is 2.38 bits per heavy atom. The highest BCUT2D eigenvalue weighted by atomic mass is 79.9. The van der Waals surface area contributed by atoms with Crippen molar-refractivity contribution >= 4 is 76.7 Å². The molecule has 8 heteroatoms. The molecule has 0 saturated heterocycles. The normalized spacial score (nSPS) is 10.5. The lowest BCUT2D eigenvalue weighted by Gasteiger charge is -2.10. The molecule has 1 amide bonds. The van der Waals surface area contributed by atoms with E-state index in [1.807, 2.05) is 6.92 Å². The van der Waals surface area contributed by atoms with E-state index in [1.165, 1.54) is 17.4 Å². The van der Waals surface area contributed by atoms with Crippen molar-refractivity contribution in [2.45, 2.75) is 6.92 Å². The van der Waals surface area contributed by atoms with E-state index in [0.29, 0.717) is 13.8 Å². The molecule has 1 heterocycles. The van der Waals surface area contributed by atoms with Gasteiger partial charge in [-0.3, -0.25) is 4.79 Å². The summed E-state index contributed by atoms with van der Waals surface area (Å²) in [5.74, 6) is -1.46. The van der Waals surface area contributed by atoms with Crippen LogP contribution in [0.5, 0.6) is 0 Å². The van der Waals surface area contributed by atoms with Crippen LogP contribution in [0, 0.1) is 6.92 Å². The fourth-order valence-corrected chi connectivity index (χ4v) is 4.37. The molecular formula is C13H8Br3NO3S. The van der Waals surface area contributed by atoms with Gasteiger partial charge in [0, 0.05) is 8.95 Å². The van der Waals surface area contributed by atoms with Gasteiger partial charge < -0.3 is 10.4 Å². The van der Waals surface area contributed by atoms with Crippen LogP contribution in [-0.4, -0.2) is 17.0 Å². The molecule has 2 aromatic rings. The summed E-state index contributed by atoms with van der Waals surface area (Å²) in [7, 11) is 0. The summed E-state index contributed by atoms with van der Waals surface area (Å²) in [4.78, 5) is 24.1. The minimum absolute atomic E-state index is 0.0111. The molecule has 21 heavy (non-hydrogen) atoms. The number of nitrogens with one attached hydrogen (secondary N) is 1. The van der Waals surface area contributed by atoms with Gasteiger partial charge in [0.05, 0.1) is 19.9 Å². The molecule has 0 saturated carbocycles. The van der Waals surface area contributed by atoms with Crippen LogP contribution in [0.1, 0.15) is 25.6 Å². The number of amides is 1. The van der Waals surface area contributed by atoms with E-state index in [9.17, 15) is 14.7 Å². The molecule has 1 aromatic heterocycles. The number of aromatic carboxylic acids is 1. The zero-order valence-electron chi connectivity index (χ0n) is 10.5. The largest absolute Gasteiger partial charge is 0.478 e. The third kappa shape index (κ3) is 3.74. The highest BCUT2D eigenvalue weighted by Gasteiger charge is 2.19. The van der Waals surface area contributed by atoms with Crippen molar-refractivity contribution in [3.05, 3.63) is 46.9 Å². The first-order valence-corrected chi connectivity index (χ1v) is 8.78. The smallest absolute Gasteiger partial charge is 0.337 e. The standard InChI is InChI=1S/C13H8Br3NO3S/c1-5-2-9(21-11(5)16)12(18)17-10-7(13(19)20)3-6(14)4-8(10)15/h2-4H,1H3,(H,17,18)(H,19,20). The van der Waals surface area contributed by atoms with E-state index in [0.717, 1.165) is 9.35 Å². The first-order valence-electron chi connectivity index (χ1n) is 5.59. The number of carbonyl (C=O) groups excluding carboxylic acids is 1. The lowest BCUT2D eigenvalue weighted by Crippen LogP contribution is -2.14. The quantitative estimate of drug-likeness (QED) is 0.605. The summed E-state index contributed by atoms with van der Waals surface area (Å²) >= 11 is 11.2. The fraction of sp³-hybridized carbons (Fsp3) is 0.0769. The van der Waals surface area contributed by atoms with Crippen molar-refractivity contribution in [3.8, 4) is 0 Å². The van der Waals surface area contributed by atoms with Crippen LogP contribution in [0.15, 0.2) is 30.9 Å². The number of anilines is 1. The predicted molar refractivity (Wildman–Crippen MR) is 93.5 cm³/mol. The molecule has 0 spiro atoms. The summed E-state index contributed by atoms with van der Waals surface area (Å²) in [5, 5.41) is 11.9. The molecule has 2 rings (SSSR count). The molecule has 2 N–H and O–H groups in total. The van der Waals surface area contributed by atoms with Gasteiger partial charge in [0.15, 0.2) is 0 Å². The van der Waals surface area contributed by atoms with Gasteiger partial charge in [-0.05, 0) is 62.5 Å². The summed E-state index contributed by atoms with van der Waals surface area (Å²) in [6.45, 7) is 1.88. The number of hydrogen-bond donors (Lipinski definition) is 2. The summed E-state index contributed by atoms with van der Waals surface area (Å²) in [6, 6.07) is 4.87. The van der Waals surface area contributed by atoms with Gasteiger partial charge in [0.2, 0.25) is 0 Å². The summed E-state index contributed by atoms with van der Waals surface area (Å²) < 4.78 is 1.98. The second kappa shape index (κ2) is 6.60. The molecule has 0 unspecified atom stereocenters. The lowest BCUT2D eigenvalue weighted by atomic mass is 10.1. The van der Waals surface area contributed by atoms with Gasteiger partial charge in [-0.1, -0.05) is 15.9 Å². The van der Waals surface area contributed by atoms with E-state index in [-0.39, 0.29) is 17.2 Å². The third-order valence-corrected chi connectivity index (χ3v) is 5.82. The van der Waals surface area contributed by atoms with E-state index in [2.05, 4.69) is 53.1 Å². The Morgan fingerprint density at radius 2 is 1.86 bits per heavy atom. The number of halogens is 3. The van der Waals surface area contributed by atoms with Gasteiger partial charge in [0.1, 0.15) is 0 Å². The Kier molecular flexibility index (Phi) is 5.24. The zero-order chi connectivity index (χ0) is 15.7. The molecule has 0 aliphatic heterocycles. The summed E-state index contributed by atoms with van der Waals surface area (Å²) in [6.07, 6.45) is 0. The van der Waals surface area contributed by atoms with Crippen LogP contribution in [0.3, 0.4) is 0 Å². The molecule has 1 aromatic carbocycles. The monoisotopic (exact) mass is 495 g/mol. The number of rotatable bonds is 3. The fourth-order valence-electron chi connectivity index (χ4n) is 1.62. The Bertz CT molecular complexity index is 723. The van der Waals surface area contributed by atoms with Crippen LogP contribution in [-0.2, 0) is 0 Å².